The quantitative estimate of drug-likeness (QED) is 0.350. The fraction of sp³-hybridized carbons (Fsp3) is 0.0909. The summed E-state index contributed by atoms with van der Waals surface area (Å²) in [6.45, 7) is 4.37. The first-order valence-corrected chi connectivity index (χ1v) is 7.97. The summed E-state index contributed by atoms with van der Waals surface area (Å²) in [6.07, 6.45) is 0. The zero-order valence-corrected chi connectivity index (χ0v) is 13.2. The standard InChI is InChI=1S/C22H16O/c1-13-8-10-16-18-12-19(15-6-4-3-5-7-15)23-22(18)17-11-9-14(2)20(13)21(16)17/h3-12H,1-2H3. The lowest BCUT2D eigenvalue weighted by atomic mass is 9.95. The van der Waals surface area contributed by atoms with Gasteiger partial charge in [0.05, 0.1) is 0 Å². The van der Waals surface area contributed by atoms with Crippen molar-refractivity contribution in [3.05, 3.63) is 71.8 Å². The maximum atomic E-state index is 6.26. The van der Waals surface area contributed by atoms with Gasteiger partial charge in [0, 0.05) is 22.1 Å². The van der Waals surface area contributed by atoms with Crippen LogP contribution in [-0.2, 0) is 0 Å². The van der Waals surface area contributed by atoms with Crippen LogP contribution in [0.15, 0.2) is 65.1 Å². The molecule has 4 aromatic rings. The Hall–Kier alpha value is -2.80. The maximum absolute atomic E-state index is 6.26. The van der Waals surface area contributed by atoms with Crippen LogP contribution >= 0.6 is 0 Å². The van der Waals surface area contributed by atoms with Crippen molar-refractivity contribution in [3.63, 3.8) is 0 Å². The van der Waals surface area contributed by atoms with Crippen LogP contribution in [0.5, 0.6) is 0 Å². The van der Waals surface area contributed by atoms with Gasteiger partial charge in [0.25, 0.3) is 0 Å². The molecule has 0 amide bonds. The van der Waals surface area contributed by atoms with Crippen LogP contribution in [-0.4, -0.2) is 0 Å². The van der Waals surface area contributed by atoms with Crippen molar-refractivity contribution in [2.75, 3.05) is 0 Å². The molecule has 0 saturated heterocycles. The van der Waals surface area contributed by atoms with E-state index < -0.39 is 0 Å². The zero-order chi connectivity index (χ0) is 15.6. The average molecular weight is 296 g/mol. The number of fused-ring (bicyclic) bond motifs is 3. The minimum absolute atomic E-state index is 0.940. The topological polar surface area (TPSA) is 13.1 Å². The summed E-state index contributed by atoms with van der Waals surface area (Å²) in [5.41, 5.74) is 7.52. The second kappa shape index (κ2) is 4.36. The molecule has 110 valence electrons. The highest BCUT2D eigenvalue weighted by Gasteiger charge is 2.27. The molecule has 0 bridgehead atoms. The van der Waals surface area contributed by atoms with Crippen molar-refractivity contribution >= 4 is 10.8 Å². The molecule has 1 aromatic heterocycles. The van der Waals surface area contributed by atoms with Gasteiger partial charge < -0.3 is 4.42 Å². The lowest BCUT2D eigenvalue weighted by Crippen LogP contribution is -1.85. The molecule has 1 heteroatoms. The third-order valence-electron chi connectivity index (χ3n) is 4.90. The van der Waals surface area contributed by atoms with Gasteiger partial charge in [-0.1, -0.05) is 54.6 Å². The molecule has 0 aliphatic heterocycles. The second-order valence-electron chi connectivity index (χ2n) is 6.33. The summed E-state index contributed by atoms with van der Waals surface area (Å²) in [5, 5.41) is 2.71. The normalized spacial score (nSPS) is 11.9. The van der Waals surface area contributed by atoms with Gasteiger partial charge in [0.15, 0.2) is 0 Å². The van der Waals surface area contributed by atoms with E-state index in [-0.39, 0.29) is 0 Å². The Morgan fingerprint density at radius 3 is 2.09 bits per heavy atom. The van der Waals surface area contributed by atoms with Crippen molar-refractivity contribution in [2.45, 2.75) is 13.8 Å². The van der Waals surface area contributed by atoms with E-state index in [1.165, 1.54) is 38.6 Å². The molecule has 5 rings (SSSR count). The van der Waals surface area contributed by atoms with E-state index >= 15 is 0 Å². The van der Waals surface area contributed by atoms with E-state index in [9.17, 15) is 0 Å². The largest absolute Gasteiger partial charge is 0.455 e. The lowest BCUT2D eigenvalue weighted by Gasteiger charge is -2.09. The van der Waals surface area contributed by atoms with Crippen LogP contribution in [0.1, 0.15) is 11.1 Å². The van der Waals surface area contributed by atoms with E-state index in [0.717, 1.165) is 17.1 Å². The van der Waals surface area contributed by atoms with E-state index in [0.29, 0.717) is 0 Å². The summed E-state index contributed by atoms with van der Waals surface area (Å²) in [4.78, 5) is 0. The Morgan fingerprint density at radius 2 is 1.35 bits per heavy atom. The molecule has 1 nitrogen and oxygen atoms in total. The van der Waals surface area contributed by atoms with Crippen molar-refractivity contribution in [2.24, 2.45) is 0 Å². The Bertz CT molecular complexity index is 1010. The SMILES string of the molecule is Cc1ccc2c3c(ccc(C)c13)-c1oc(-c3ccccc3)cc1-2. The Kier molecular flexibility index (Phi) is 2.41. The maximum Gasteiger partial charge on any atom is 0.143 e. The van der Waals surface area contributed by atoms with Crippen molar-refractivity contribution < 1.29 is 4.42 Å². The molecule has 0 saturated carbocycles. The molecular weight excluding hydrogens is 280 g/mol. The van der Waals surface area contributed by atoms with E-state index in [1.807, 2.05) is 18.2 Å². The fourth-order valence-corrected chi connectivity index (χ4v) is 3.82. The summed E-state index contributed by atoms with van der Waals surface area (Å²) in [5.74, 6) is 1.95. The first kappa shape index (κ1) is 12.7. The predicted molar refractivity (Wildman–Crippen MR) is 95.6 cm³/mol. The van der Waals surface area contributed by atoms with Crippen molar-refractivity contribution in [1.82, 2.24) is 0 Å². The highest BCUT2D eigenvalue weighted by Crippen LogP contribution is 2.51. The Morgan fingerprint density at radius 1 is 0.652 bits per heavy atom. The van der Waals surface area contributed by atoms with Crippen molar-refractivity contribution in [1.29, 1.82) is 0 Å². The van der Waals surface area contributed by atoms with Crippen LogP contribution in [0.3, 0.4) is 0 Å². The van der Waals surface area contributed by atoms with Gasteiger partial charge in [-0.05, 0) is 42.0 Å². The summed E-state index contributed by atoms with van der Waals surface area (Å²) in [6, 6.07) is 21.3. The third kappa shape index (κ3) is 1.62. The Labute approximate surface area is 135 Å². The second-order valence-corrected chi connectivity index (χ2v) is 6.33. The van der Waals surface area contributed by atoms with E-state index in [4.69, 9.17) is 4.42 Å². The highest BCUT2D eigenvalue weighted by molar-refractivity contribution is 6.16. The molecule has 23 heavy (non-hydrogen) atoms. The van der Waals surface area contributed by atoms with Gasteiger partial charge in [0.2, 0.25) is 0 Å². The minimum atomic E-state index is 0.940. The molecule has 1 aliphatic rings. The zero-order valence-electron chi connectivity index (χ0n) is 13.2. The average Bonchev–Trinajstić information content (AvgIpc) is 3.12. The van der Waals surface area contributed by atoms with E-state index in [1.54, 1.807) is 0 Å². The summed E-state index contributed by atoms with van der Waals surface area (Å²) >= 11 is 0. The van der Waals surface area contributed by atoms with Gasteiger partial charge in [-0.15, -0.1) is 0 Å². The van der Waals surface area contributed by atoms with E-state index in [2.05, 4.69) is 56.3 Å². The number of furan rings is 1. The first-order chi connectivity index (χ1) is 11.2. The molecule has 1 aliphatic carbocycles. The van der Waals surface area contributed by atoms with Crippen LogP contribution in [0.2, 0.25) is 0 Å². The number of hydrogen-bond donors (Lipinski definition) is 0. The fourth-order valence-electron chi connectivity index (χ4n) is 3.82. The number of hydrogen-bond acceptors (Lipinski definition) is 1. The summed E-state index contributed by atoms with van der Waals surface area (Å²) in [7, 11) is 0. The molecule has 0 fully saturated rings. The van der Waals surface area contributed by atoms with Gasteiger partial charge in [-0.2, -0.15) is 0 Å². The van der Waals surface area contributed by atoms with Gasteiger partial charge >= 0.3 is 0 Å². The smallest absolute Gasteiger partial charge is 0.143 e. The monoisotopic (exact) mass is 296 g/mol. The molecule has 0 atom stereocenters. The molecule has 0 spiro atoms. The first-order valence-electron chi connectivity index (χ1n) is 7.97. The highest BCUT2D eigenvalue weighted by atomic mass is 16.3. The number of rotatable bonds is 1. The van der Waals surface area contributed by atoms with Gasteiger partial charge in [-0.3, -0.25) is 0 Å². The van der Waals surface area contributed by atoms with Gasteiger partial charge in [0.1, 0.15) is 11.5 Å². The lowest BCUT2D eigenvalue weighted by molar-refractivity contribution is 0.599. The molecular formula is C22H16O. The molecule has 0 unspecified atom stereocenters. The van der Waals surface area contributed by atoms with Crippen LogP contribution < -0.4 is 0 Å². The molecule has 0 N–H and O–H groups in total. The summed E-state index contributed by atoms with van der Waals surface area (Å²) < 4.78 is 6.26. The minimum Gasteiger partial charge on any atom is -0.455 e. The van der Waals surface area contributed by atoms with Crippen molar-refractivity contribution in [3.8, 4) is 33.8 Å². The van der Waals surface area contributed by atoms with Crippen LogP contribution in [0.4, 0.5) is 0 Å². The molecule has 3 aromatic carbocycles. The third-order valence-corrected chi connectivity index (χ3v) is 4.90. The Balaban J connectivity index is 1.83. The molecule has 0 radical (unpaired) electrons. The number of aryl methyl sites for hydroxylation is 2. The number of benzene rings is 3. The van der Waals surface area contributed by atoms with Crippen LogP contribution in [0, 0.1) is 13.8 Å². The predicted octanol–water partition coefficient (Wildman–Crippen LogP) is 6.36. The molecule has 1 heterocycles. The van der Waals surface area contributed by atoms with Gasteiger partial charge in [-0.25, -0.2) is 0 Å². The van der Waals surface area contributed by atoms with Crippen LogP contribution in [0.25, 0.3) is 44.5 Å².